The minimum Gasteiger partial charge on any atom is -0.478 e. The molecule has 0 saturated carbocycles. The van der Waals surface area contributed by atoms with Crippen LogP contribution in [0.3, 0.4) is 0 Å². The molecule has 0 amide bonds. The highest BCUT2D eigenvalue weighted by atomic mass is 16.5. The number of ether oxygens (including phenoxy) is 1. The maximum absolute atomic E-state index is 5.33. The van der Waals surface area contributed by atoms with Gasteiger partial charge in [0.15, 0.2) is 11.5 Å². The van der Waals surface area contributed by atoms with Crippen molar-refractivity contribution in [3.05, 3.63) is 23.9 Å². The van der Waals surface area contributed by atoms with E-state index >= 15 is 0 Å². The first kappa shape index (κ1) is 10.8. The van der Waals surface area contributed by atoms with Crippen LogP contribution in [0.15, 0.2) is 22.7 Å². The highest BCUT2D eigenvalue weighted by Crippen LogP contribution is 2.21. The molecule has 0 unspecified atom stereocenters. The van der Waals surface area contributed by atoms with Crippen LogP contribution in [0.1, 0.15) is 12.6 Å². The molecule has 0 bridgehead atoms. The lowest BCUT2D eigenvalue weighted by Gasteiger charge is -1.99. The van der Waals surface area contributed by atoms with E-state index in [1.54, 1.807) is 6.07 Å². The van der Waals surface area contributed by atoms with Crippen molar-refractivity contribution in [2.45, 2.75) is 13.8 Å². The van der Waals surface area contributed by atoms with Crippen LogP contribution in [0.25, 0.3) is 22.7 Å². The van der Waals surface area contributed by atoms with Gasteiger partial charge in [0.2, 0.25) is 11.6 Å². The monoisotopic (exact) mass is 244 g/mol. The highest BCUT2D eigenvalue weighted by molar-refractivity contribution is 5.75. The van der Waals surface area contributed by atoms with E-state index in [-0.39, 0.29) is 0 Å². The first-order chi connectivity index (χ1) is 8.76. The van der Waals surface area contributed by atoms with Crippen molar-refractivity contribution in [3.63, 3.8) is 0 Å². The number of fused-ring (bicyclic) bond motifs is 1. The van der Waals surface area contributed by atoms with Crippen molar-refractivity contribution >= 4 is 11.2 Å². The Balaban J connectivity index is 2.05. The summed E-state index contributed by atoms with van der Waals surface area (Å²) in [5.74, 6) is 1.78. The lowest BCUT2D eigenvalue weighted by molar-refractivity contribution is 0.328. The number of aromatic amines is 1. The fourth-order valence-corrected chi connectivity index (χ4v) is 1.70. The van der Waals surface area contributed by atoms with Gasteiger partial charge < -0.3 is 14.2 Å². The second-order valence-electron chi connectivity index (χ2n) is 3.87. The van der Waals surface area contributed by atoms with E-state index in [0.29, 0.717) is 29.7 Å². The van der Waals surface area contributed by atoms with E-state index in [0.717, 1.165) is 11.2 Å². The predicted octanol–water partition coefficient (Wildman–Crippen LogP) is 2.32. The maximum Gasteiger partial charge on any atom is 0.215 e. The fraction of sp³-hybridized carbons (Fsp3) is 0.250. The maximum atomic E-state index is 5.33. The number of H-pyrrole nitrogens is 1. The summed E-state index contributed by atoms with van der Waals surface area (Å²) in [4.78, 5) is 11.8. The van der Waals surface area contributed by atoms with Gasteiger partial charge in [-0.2, -0.15) is 4.98 Å². The van der Waals surface area contributed by atoms with Crippen LogP contribution in [0, 0.1) is 6.92 Å². The molecule has 92 valence electrons. The molecule has 0 aromatic carbocycles. The van der Waals surface area contributed by atoms with E-state index in [4.69, 9.17) is 9.26 Å². The lowest BCUT2D eigenvalue weighted by atomic mass is 10.4. The van der Waals surface area contributed by atoms with Crippen molar-refractivity contribution in [2.24, 2.45) is 0 Å². The lowest BCUT2D eigenvalue weighted by Crippen LogP contribution is -1.93. The Hall–Kier alpha value is -2.37. The summed E-state index contributed by atoms with van der Waals surface area (Å²) < 4.78 is 10.5. The van der Waals surface area contributed by atoms with Crippen molar-refractivity contribution < 1.29 is 9.26 Å². The summed E-state index contributed by atoms with van der Waals surface area (Å²) >= 11 is 0. The number of aromatic nitrogens is 4. The topological polar surface area (TPSA) is 76.8 Å². The molecule has 0 atom stereocenters. The molecule has 6 nitrogen and oxygen atoms in total. The Labute approximate surface area is 103 Å². The summed E-state index contributed by atoms with van der Waals surface area (Å²) in [6, 6.07) is 5.51. The zero-order valence-corrected chi connectivity index (χ0v) is 10.1. The molecule has 0 radical (unpaired) electrons. The normalized spacial score (nSPS) is 11.0. The number of hydrogen-bond donors (Lipinski definition) is 1. The molecule has 0 aliphatic rings. The van der Waals surface area contributed by atoms with Gasteiger partial charge in [-0.25, -0.2) is 4.98 Å². The van der Waals surface area contributed by atoms with Crippen LogP contribution in [0.5, 0.6) is 5.88 Å². The molecule has 6 heteroatoms. The Bertz CT molecular complexity index is 686. The number of imidazole rings is 1. The third-order valence-electron chi connectivity index (χ3n) is 2.47. The van der Waals surface area contributed by atoms with E-state index in [9.17, 15) is 0 Å². The van der Waals surface area contributed by atoms with Crippen LogP contribution in [0.2, 0.25) is 0 Å². The van der Waals surface area contributed by atoms with Gasteiger partial charge in [0, 0.05) is 12.1 Å². The molecule has 3 aromatic rings. The van der Waals surface area contributed by atoms with Crippen molar-refractivity contribution in [1.82, 2.24) is 20.1 Å². The van der Waals surface area contributed by atoms with Crippen molar-refractivity contribution in [1.29, 1.82) is 0 Å². The molecule has 0 saturated heterocycles. The number of pyridine rings is 1. The average molecular weight is 244 g/mol. The summed E-state index contributed by atoms with van der Waals surface area (Å²) in [6.45, 7) is 4.36. The largest absolute Gasteiger partial charge is 0.478 e. The van der Waals surface area contributed by atoms with Gasteiger partial charge in [0.1, 0.15) is 0 Å². The minimum atomic E-state index is 0.566. The molecule has 3 rings (SSSR count). The van der Waals surface area contributed by atoms with Crippen molar-refractivity contribution in [2.75, 3.05) is 6.61 Å². The molecule has 0 aliphatic heterocycles. The molecule has 1 N–H and O–H groups in total. The Morgan fingerprint density at radius 1 is 1.33 bits per heavy atom. The SMILES string of the molecule is CCOc1ccc2[nH]c(-c3cc(C)no3)nc2n1. The molecule has 3 heterocycles. The summed E-state index contributed by atoms with van der Waals surface area (Å²) in [5, 5.41) is 3.83. The average Bonchev–Trinajstić information content (AvgIpc) is 2.94. The van der Waals surface area contributed by atoms with Crippen LogP contribution in [-0.4, -0.2) is 26.7 Å². The summed E-state index contributed by atoms with van der Waals surface area (Å²) in [7, 11) is 0. The number of nitrogens with one attached hydrogen (secondary N) is 1. The number of rotatable bonds is 3. The molecule has 0 aliphatic carbocycles. The first-order valence-corrected chi connectivity index (χ1v) is 5.69. The van der Waals surface area contributed by atoms with Crippen LogP contribution >= 0.6 is 0 Å². The van der Waals surface area contributed by atoms with Gasteiger partial charge in [0.25, 0.3) is 0 Å². The van der Waals surface area contributed by atoms with Crippen LogP contribution in [-0.2, 0) is 0 Å². The van der Waals surface area contributed by atoms with Crippen molar-refractivity contribution in [3.8, 4) is 17.5 Å². The zero-order valence-electron chi connectivity index (χ0n) is 10.1. The number of nitrogens with zero attached hydrogens (tertiary/aromatic N) is 3. The van der Waals surface area contributed by atoms with Crippen LogP contribution in [0.4, 0.5) is 0 Å². The zero-order chi connectivity index (χ0) is 12.5. The highest BCUT2D eigenvalue weighted by Gasteiger charge is 2.11. The Morgan fingerprint density at radius 2 is 2.22 bits per heavy atom. The van der Waals surface area contributed by atoms with E-state index in [1.807, 2.05) is 26.0 Å². The van der Waals surface area contributed by atoms with E-state index in [2.05, 4.69) is 20.1 Å². The second-order valence-corrected chi connectivity index (χ2v) is 3.87. The molecular weight excluding hydrogens is 232 g/mol. The molecule has 3 aromatic heterocycles. The standard InChI is InChI=1S/C12H12N4O2/c1-3-17-10-5-4-8-11(14-10)15-12(13-8)9-6-7(2)16-18-9/h4-6H,3H2,1-2H3,(H,13,14,15). The summed E-state index contributed by atoms with van der Waals surface area (Å²) in [6.07, 6.45) is 0. The second kappa shape index (κ2) is 4.14. The van der Waals surface area contributed by atoms with Crippen LogP contribution < -0.4 is 4.74 Å². The molecule has 18 heavy (non-hydrogen) atoms. The molecule has 0 fully saturated rings. The fourth-order valence-electron chi connectivity index (χ4n) is 1.70. The van der Waals surface area contributed by atoms with Gasteiger partial charge in [-0.3, -0.25) is 0 Å². The summed E-state index contributed by atoms with van der Waals surface area (Å²) in [5.41, 5.74) is 2.25. The number of aryl methyl sites for hydroxylation is 1. The van der Waals surface area contributed by atoms with Gasteiger partial charge in [0.05, 0.1) is 17.8 Å². The Kier molecular flexibility index (Phi) is 2.47. The van der Waals surface area contributed by atoms with E-state index < -0.39 is 0 Å². The molecular formula is C12H12N4O2. The number of hydrogen-bond acceptors (Lipinski definition) is 5. The third-order valence-corrected chi connectivity index (χ3v) is 2.47. The predicted molar refractivity (Wildman–Crippen MR) is 65.3 cm³/mol. The van der Waals surface area contributed by atoms with Gasteiger partial charge in [-0.1, -0.05) is 5.16 Å². The van der Waals surface area contributed by atoms with E-state index in [1.165, 1.54) is 0 Å². The first-order valence-electron chi connectivity index (χ1n) is 5.69. The third kappa shape index (κ3) is 1.81. The quantitative estimate of drug-likeness (QED) is 0.765. The van der Waals surface area contributed by atoms with Gasteiger partial charge in [-0.15, -0.1) is 0 Å². The smallest absolute Gasteiger partial charge is 0.215 e. The van der Waals surface area contributed by atoms with Gasteiger partial charge >= 0.3 is 0 Å². The minimum absolute atomic E-state index is 0.566. The van der Waals surface area contributed by atoms with Gasteiger partial charge in [-0.05, 0) is 19.9 Å². The molecule has 0 spiro atoms. The Morgan fingerprint density at radius 3 is 2.94 bits per heavy atom.